The van der Waals surface area contributed by atoms with E-state index in [9.17, 15) is 4.39 Å². The Hall–Kier alpha value is -1.45. The lowest BCUT2D eigenvalue weighted by molar-refractivity contribution is 0.627. The molecule has 0 fully saturated rings. The summed E-state index contributed by atoms with van der Waals surface area (Å²) in [6.07, 6.45) is 0. The van der Waals surface area contributed by atoms with Crippen LogP contribution in [0.4, 0.5) is 4.39 Å². The van der Waals surface area contributed by atoms with Crippen molar-refractivity contribution < 1.29 is 4.39 Å². The number of thiol groups is 1. The van der Waals surface area contributed by atoms with Crippen molar-refractivity contribution in [2.45, 2.75) is 0 Å². The Labute approximate surface area is 81.6 Å². The second-order valence-electron chi connectivity index (χ2n) is 2.30. The van der Waals surface area contributed by atoms with Gasteiger partial charge in [-0.15, -0.1) is 0 Å². The van der Waals surface area contributed by atoms with E-state index in [4.69, 9.17) is 5.26 Å². The molecule has 13 heavy (non-hydrogen) atoms. The number of rotatable bonds is 0. The maximum absolute atomic E-state index is 12.8. The molecule has 1 aromatic carbocycles. The van der Waals surface area contributed by atoms with E-state index in [0.717, 1.165) is 0 Å². The first kappa shape index (κ1) is 9.64. The molecular formula is C10H6FNS. The molecule has 0 saturated carbocycles. The molecule has 0 aliphatic rings. The third-order valence-electron chi connectivity index (χ3n) is 1.34. The molecule has 0 bridgehead atoms. The van der Waals surface area contributed by atoms with Gasteiger partial charge in [0.1, 0.15) is 5.82 Å². The SMILES string of the molecule is N#Cc1cc(F)cc(C#CCS)c1. The summed E-state index contributed by atoms with van der Waals surface area (Å²) in [5, 5.41) is 8.53. The van der Waals surface area contributed by atoms with Gasteiger partial charge in [-0.2, -0.15) is 17.9 Å². The van der Waals surface area contributed by atoms with Crippen molar-refractivity contribution >= 4 is 12.6 Å². The van der Waals surface area contributed by atoms with E-state index in [2.05, 4.69) is 24.5 Å². The molecule has 0 saturated heterocycles. The fourth-order valence-corrected chi connectivity index (χ4v) is 0.947. The highest BCUT2D eigenvalue weighted by molar-refractivity contribution is 7.80. The summed E-state index contributed by atoms with van der Waals surface area (Å²) < 4.78 is 12.8. The van der Waals surface area contributed by atoms with Crippen molar-refractivity contribution in [2.75, 3.05) is 5.75 Å². The Bertz CT molecular complexity index is 409. The van der Waals surface area contributed by atoms with Gasteiger partial charge in [0.15, 0.2) is 0 Å². The molecule has 1 aromatic rings. The quantitative estimate of drug-likeness (QED) is 0.492. The highest BCUT2D eigenvalue weighted by Crippen LogP contribution is 2.06. The van der Waals surface area contributed by atoms with Gasteiger partial charge in [-0.25, -0.2) is 4.39 Å². The molecule has 0 spiro atoms. The van der Waals surface area contributed by atoms with E-state index >= 15 is 0 Å². The van der Waals surface area contributed by atoms with Gasteiger partial charge < -0.3 is 0 Å². The molecule has 0 radical (unpaired) electrons. The monoisotopic (exact) mass is 191 g/mol. The maximum Gasteiger partial charge on any atom is 0.125 e. The maximum atomic E-state index is 12.8. The molecule has 0 aliphatic heterocycles. The van der Waals surface area contributed by atoms with Gasteiger partial charge in [-0.1, -0.05) is 11.8 Å². The summed E-state index contributed by atoms with van der Waals surface area (Å²) >= 11 is 3.89. The molecular weight excluding hydrogens is 185 g/mol. The van der Waals surface area contributed by atoms with Gasteiger partial charge in [0, 0.05) is 5.56 Å². The van der Waals surface area contributed by atoms with Gasteiger partial charge in [-0.3, -0.25) is 0 Å². The standard InChI is InChI=1S/C10H6FNS/c11-10-5-8(2-1-3-13)4-9(6-10)7-12/h4-6,13H,3H2. The third-order valence-corrected chi connectivity index (χ3v) is 1.50. The van der Waals surface area contributed by atoms with Gasteiger partial charge in [0.2, 0.25) is 0 Å². The fourth-order valence-electron chi connectivity index (χ4n) is 0.868. The molecule has 0 aromatic heterocycles. The molecule has 0 atom stereocenters. The fraction of sp³-hybridized carbons (Fsp3) is 0.100. The lowest BCUT2D eigenvalue weighted by Gasteiger charge is -1.92. The summed E-state index contributed by atoms with van der Waals surface area (Å²) in [7, 11) is 0. The first-order chi connectivity index (χ1) is 6.26. The molecule has 0 aliphatic carbocycles. The summed E-state index contributed by atoms with van der Waals surface area (Å²) in [6.45, 7) is 0. The van der Waals surface area contributed by atoms with Crippen LogP contribution in [0.25, 0.3) is 0 Å². The van der Waals surface area contributed by atoms with Gasteiger partial charge in [0.05, 0.1) is 17.4 Å². The van der Waals surface area contributed by atoms with Crippen molar-refractivity contribution in [3.8, 4) is 17.9 Å². The molecule has 0 heterocycles. The van der Waals surface area contributed by atoms with E-state index in [1.165, 1.54) is 12.1 Å². The highest BCUT2D eigenvalue weighted by Gasteiger charge is 1.97. The Balaban J connectivity index is 3.10. The van der Waals surface area contributed by atoms with Crippen molar-refractivity contribution in [1.29, 1.82) is 5.26 Å². The van der Waals surface area contributed by atoms with Crippen LogP contribution in [-0.2, 0) is 0 Å². The molecule has 0 unspecified atom stereocenters. The highest BCUT2D eigenvalue weighted by atomic mass is 32.1. The zero-order valence-electron chi connectivity index (χ0n) is 6.71. The zero-order chi connectivity index (χ0) is 9.68. The van der Waals surface area contributed by atoms with E-state index in [1.54, 1.807) is 6.07 Å². The smallest absolute Gasteiger partial charge is 0.125 e. The summed E-state index contributed by atoms with van der Waals surface area (Å²) in [5.41, 5.74) is 0.786. The van der Waals surface area contributed by atoms with Crippen LogP contribution in [0.1, 0.15) is 11.1 Å². The van der Waals surface area contributed by atoms with Crippen LogP contribution in [-0.4, -0.2) is 5.75 Å². The summed E-state index contributed by atoms with van der Waals surface area (Å²) in [5.74, 6) is 5.35. The Morgan fingerprint density at radius 3 is 2.62 bits per heavy atom. The van der Waals surface area contributed by atoms with Crippen LogP contribution in [0, 0.1) is 29.0 Å². The van der Waals surface area contributed by atoms with Crippen LogP contribution in [0.15, 0.2) is 18.2 Å². The molecule has 0 N–H and O–H groups in total. The van der Waals surface area contributed by atoms with Gasteiger partial charge >= 0.3 is 0 Å². The number of benzene rings is 1. The number of hydrogen-bond donors (Lipinski definition) is 1. The predicted molar refractivity (Wildman–Crippen MR) is 51.8 cm³/mol. The number of nitriles is 1. The number of hydrogen-bond acceptors (Lipinski definition) is 2. The first-order valence-corrected chi connectivity index (χ1v) is 4.20. The van der Waals surface area contributed by atoms with Crippen molar-refractivity contribution in [2.24, 2.45) is 0 Å². The van der Waals surface area contributed by atoms with Crippen molar-refractivity contribution in [3.05, 3.63) is 35.1 Å². The molecule has 1 rings (SSSR count). The lowest BCUT2D eigenvalue weighted by atomic mass is 10.1. The van der Waals surface area contributed by atoms with Crippen molar-refractivity contribution in [3.63, 3.8) is 0 Å². The molecule has 1 nitrogen and oxygen atoms in total. The largest absolute Gasteiger partial charge is 0.207 e. The third kappa shape index (κ3) is 2.82. The second-order valence-corrected chi connectivity index (χ2v) is 2.62. The number of halogens is 1. The van der Waals surface area contributed by atoms with Crippen molar-refractivity contribution in [1.82, 2.24) is 0 Å². The van der Waals surface area contributed by atoms with Crippen LogP contribution < -0.4 is 0 Å². The average molecular weight is 191 g/mol. The summed E-state index contributed by atoms with van der Waals surface area (Å²) in [6, 6.07) is 5.86. The molecule has 64 valence electrons. The van der Waals surface area contributed by atoms with Gasteiger partial charge in [0.25, 0.3) is 0 Å². The van der Waals surface area contributed by atoms with Crippen LogP contribution in [0.5, 0.6) is 0 Å². The van der Waals surface area contributed by atoms with E-state index in [1.807, 2.05) is 6.07 Å². The zero-order valence-corrected chi connectivity index (χ0v) is 7.61. The van der Waals surface area contributed by atoms with E-state index < -0.39 is 5.82 Å². The summed E-state index contributed by atoms with van der Waals surface area (Å²) in [4.78, 5) is 0. The van der Waals surface area contributed by atoms with E-state index in [0.29, 0.717) is 11.3 Å². The second kappa shape index (κ2) is 4.54. The first-order valence-electron chi connectivity index (χ1n) is 3.56. The normalized spacial score (nSPS) is 8.38. The lowest BCUT2D eigenvalue weighted by Crippen LogP contribution is -1.83. The Kier molecular flexibility index (Phi) is 3.37. The molecule has 0 amide bonds. The average Bonchev–Trinajstić information content (AvgIpc) is 2.14. The minimum atomic E-state index is -0.442. The van der Waals surface area contributed by atoms with Crippen LogP contribution in [0.3, 0.4) is 0 Å². The Morgan fingerprint density at radius 2 is 2.00 bits per heavy atom. The topological polar surface area (TPSA) is 23.8 Å². The molecule has 3 heteroatoms. The van der Waals surface area contributed by atoms with Gasteiger partial charge in [-0.05, 0) is 18.2 Å². The Morgan fingerprint density at radius 1 is 1.31 bits per heavy atom. The number of nitrogens with zero attached hydrogens (tertiary/aromatic N) is 1. The predicted octanol–water partition coefficient (Wildman–Crippen LogP) is 1.98. The minimum Gasteiger partial charge on any atom is -0.207 e. The van der Waals surface area contributed by atoms with Crippen LogP contribution in [0.2, 0.25) is 0 Å². The van der Waals surface area contributed by atoms with Crippen LogP contribution >= 0.6 is 12.6 Å². The minimum absolute atomic E-state index is 0.281. The van der Waals surface area contributed by atoms with E-state index in [-0.39, 0.29) is 5.56 Å².